The third-order valence-electron chi connectivity index (χ3n) is 3.17. The maximum Gasteiger partial charge on any atom is 0.307 e. The highest BCUT2D eigenvalue weighted by atomic mass is 32.3. The molecule has 1 fully saturated rings. The van der Waals surface area contributed by atoms with E-state index in [4.69, 9.17) is 0 Å². The van der Waals surface area contributed by atoms with Crippen molar-refractivity contribution in [3.05, 3.63) is 0 Å². The summed E-state index contributed by atoms with van der Waals surface area (Å²) >= 11 is 0. The average molecular weight is 258 g/mol. The Kier molecular flexibility index (Phi) is 3.17. The van der Waals surface area contributed by atoms with Crippen LogP contribution >= 0.6 is 0 Å². The largest absolute Gasteiger partial charge is 0.307 e. The van der Waals surface area contributed by atoms with Gasteiger partial charge >= 0.3 is 10.2 Å². The molecule has 1 heterocycles. The summed E-state index contributed by atoms with van der Waals surface area (Å²) < 4.78 is 55.5. The molecule has 1 saturated heterocycles. The van der Waals surface area contributed by atoms with Gasteiger partial charge in [-0.05, 0) is 32.6 Å². The summed E-state index contributed by atoms with van der Waals surface area (Å²) in [7, 11) is -7.67. The molecule has 90 valence electrons. The van der Waals surface area contributed by atoms with E-state index in [1.807, 2.05) is 0 Å². The molecule has 1 aliphatic rings. The van der Waals surface area contributed by atoms with Gasteiger partial charge < -0.3 is 0 Å². The summed E-state index contributed by atoms with van der Waals surface area (Å²) in [5.41, 5.74) is 0. The number of hydrogen-bond donors (Lipinski definition) is 0. The van der Waals surface area contributed by atoms with E-state index in [2.05, 4.69) is 0 Å². The molecule has 0 aromatic rings. The zero-order valence-electron chi connectivity index (χ0n) is 8.73. The molecule has 0 aromatic carbocycles. The van der Waals surface area contributed by atoms with Gasteiger partial charge in [-0.25, -0.2) is 8.42 Å². The summed E-state index contributed by atoms with van der Waals surface area (Å²) in [4.78, 5) is 0. The standard InChI is InChI=1S/C8H15FO4S2/c1-8(2,15(9,12)13)7-3-5-14(10,11)6-4-7/h7H,3-6H2,1-2H3. The second-order valence-electron chi connectivity index (χ2n) is 4.47. The monoisotopic (exact) mass is 258 g/mol. The second-order valence-corrected chi connectivity index (χ2v) is 8.70. The fraction of sp³-hybridized carbons (Fsp3) is 1.00. The van der Waals surface area contributed by atoms with Crippen LogP contribution in [0.4, 0.5) is 3.89 Å². The fourth-order valence-electron chi connectivity index (χ4n) is 1.78. The minimum atomic E-state index is -4.63. The van der Waals surface area contributed by atoms with Crippen molar-refractivity contribution in [3.8, 4) is 0 Å². The van der Waals surface area contributed by atoms with Gasteiger partial charge in [-0.2, -0.15) is 8.42 Å². The number of hydrogen-bond acceptors (Lipinski definition) is 4. The van der Waals surface area contributed by atoms with E-state index in [1.165, 1.54) is 13.8 Å². The number of sulfone groups is 1. The van der Waals surface area contributed by atoms with Crippen molar-refractivity contribution in [2.45, 2.75) is 31.4 Å². The topological polar surface area (TPSA) is 68.3 Å². The molecular formula is C8H15FO4S2. The van der Waals surface area contributed by atoms with Crippen LogP contribution in [0.15, 0.2) is 0 Å². The van der Waals surface area contributed by atoms with Crippen LogP contribution in [-0.2, 0) is 20.1 Å². The molecule has 7 heteroatoms. The van der Waals surface area contributed by atoms with Crippen LogP contribution in [-0.4, -0.2) is 33.1 Å². The Morgan fingerprint density at radius 2 is 1.60 bits per heavy atom. The lowest BCUT2D eigenvalue weighted by Crippen LogP contribution is -2.42. The van der Waals surface area contributed by atoms with Crippen LogP contribution in [0.5, 0.6) is 0 Å². The molecule has 0 atom stereocenters. The average Bonchev–Trinajstić information content (AvgIpc) is 2.01. The molecule has 0 unspecified atom stereocenters. The van der Waals surface area contributed by atoms with Gasteiger partial charge in [0.1, 0.15) is 9.84 Å². The molecule has 15 heavy (non-hydrogen) atoms. The van der Waals surface area contributed by atoms with Gasteiger partial charge in [0, 0.05) is 0 Å². The van der Waals surface area contributed by atoms with Crippen molar-refractivity contribution >= 4 is 20.1 Å². The predicted molar refractivity (Wildman–Crippen MR) is 55.5 cm³/mol. The Labute approximate surface area is 90.0 Å². The number of rotatable bonds is 2. The number of halogens is 1. The second kappa shape index (κ2) is 3.69. The normalized spacial score (nSPS) is 23.9. The summed E-state index contributed by atoms with van der Waals surface area (Å²) in [6.07, 6.45) is 0.441. The molecule has 4 nitrogen and oxygen atoms in total. The molecule has 1 aliphatic heterocycles. The Morgan fingerprint density at radius 1 is 1.20 bits per heavy atom. The molecule has 0 radical (unpaired) electrons. The third kappa shape index (κ3) is 2.69. The van der Waals surface area contributed by atoms with E-state index in [-0.39, 0.29) is 24.3 Å². The molecule has 0 amide bonds. The fourth-order valence-corrected chi connectivity index (χ4v) is 3.91. The molecular weight excluding hydrogens is 243 g/mol. The molecule has 0 spiro atoms. The van der Waals surface area contributed by atoms with E-state index in [9.17, 15) is 20.7 Å². The quantitative estimate of drug-likeness (QED) is 0.690. The van der Waals surface area contributed by atoms with Crippen molar-refractivity contribution in [3.63, 3.8) is 0 Å². The third-order valence-corrected chi connectivity index (χ3v) is 6.47. The van der Waals surface area contributed by atoms with Crippen molar-refractivity contribution in [1.82, 2.24) is 0 Å². The lowest BCUT2D eigenvalue weighted by Gasteiger charge is -2.33. The van der Waals surface area contributed by atoms with Gasteiger partial charge in [0.2, 0.25) is 0 Å². The smallest absolute Gasteiger partial charge is 0.229 e. The highest BCUT2D eigenvalue weighted by Crippen LogP contribution is 2.35. The first kappa shape index (κ1) is 12.9. The van der Waals surface area contributed by atoms with Gasteiger partial charge in [-0.3, -0.25) is 0 Å². The highest BCUT2D eigenvalue weighted by molar-refractivity contribution is 7.91. The maximum atomic E-state index is 13.0. The Balaban J connectivity index is 2.86. The van der Waals surface area contributed by atoms with Gasteiger partial charge in [0.25, 0.3) is 0 Å². The molecule has 0 aliphatic carbocycles. The molecule has 0 N–H and O–H groups in total. The minimum Gasteiger partial charge on any atom is -0.229 e. The zero-order valence-corrected chi connectivity index (χ0v) is 10.4. The van der Waals surface area contributed by atoms with Crippen LogP contribution in [0.3, 0.4) is 0 Å². The molecule has 0 bridgehead atoms. The first-order chi connectivity index (χ1) is 6.56. The minimum absolute atomic E-state index is 0.0450. The SMILES string of the molecule is CC(C)(C1CCS(=O)(=O)CC1)S(=O)(=O)F. The van der Waals surface area contributed by atoms with Gasteiger partial charge in [-0.15, -0.1) is 3.89 Å². The summed E-state index contributed by atoms with van der Waals surface area (Å²) in [5.74, 6) is -0.510. The van der Waals surface area contributed by atoms with Gasteiger partial charge in [-0.1, -0.05) is 0 Å². The maximum absolute atomic E-state index is 13.0. The van der Waals surface area contributed by atoms with Gasteiger partial charge in [0.05, 0.1) is 16.3 Å². The van der Waals surface area contributed by atoms with Crippen LogP contribution < -0.4 is 0 Å². The Bertz CT molecular complexity index is 421. The van der Waals surface area contributed by atoms with Crippen LogP contribution in [0.1, 0.15) is 26.7 Å². The van der Waals surface area contributed by atoms with Crippen molar-refractivity contribution in [2.75, 3.05) is 11.5 Å². The van der Waals surface area contributed by atoms with Crippen LogP contribution in [0.2, 0.25) is 0 Å². The first-order valence-electron chi connectivity index (χ1n) is 4.71. The summed E-state index contributed by atoms with van der Waals surface area (Å²) in [6.45, 7) is 2.62. The van der Waals surface area contributed by atoms with E-state index >= 15 is 0 Å². The lowest BCUT2D eigenvalue weighted by molar-refractivity contribution is 0.352. The molecule has 0 aromatic heterocycles. The molecule has 0 saturated carbocycles. The van der Waals surface area contributed by atoms with Crippen LogP contribution in [0.25, 0.3) is 0 Å². The van der Waals surface area contributed by atoms with Crippen molar-refractivity contribution in [2.24, 2.45) is 5.92 Å². The first-order valence-corrected chi connectivity index (χ1v) is 7.91. The predicted octanol–water partition coefficient (Wildman–Crippen LogP) is 0.889. The Hall–Kier alpha value is -0.170. The molecule has 1 rings (SSSR count). The van der Waals surface area contributed by atoms with E-state index in [0.717, 1.165) is 0 Å². The zero-order chi connectivity index (χ0) is 11.9. The van der Waals surface area contributed by atoms with Gasteiger partial charge in [0.15, 0.2) is 0 Å². The Morgan fingerprint density at radius 3 is 1.93 bits per heavy atom. The summed E-state index contributed by atoms with van der Waals surface area (Å²) in [5, 5.41) is 0. The van der Waals surface area contributed by atoms with Crippen molar-refractivity contribution in [1.29, 1.82) is 0 Å². The van der Waals surface area contributed by atoms with Crippen molar-refractivity contribution < 1.29 is 20.7 Å². The summed E-state index contributed by atoms with van der Waals surface area (Å²) in [6, 6.07) is 0. The van der Waals surface area contributed by atoms with Crippen LogP contribution in [0, 0.1) is 5.92 Å². The highest BCUT2D eigenvalue weighted by Gasteiger charge is 2.44. The van der Waals surface area contributed by atoms with E-state index in [1.54, 1.807) is 0 Å². The lowest BCUT2D eigenvalue weighted by atomic mass is 9.89. The van der Waals surface area contributed by atoms with E-state index in [0.29, 0.717) is 0 Å². The van der Waals surface area contributed by atoms with E-state index < -0.39 is 30.7 Å².